The van der Waals surface area contributed by atoms with Gasteiger partial charge in [-0.15, -0.1) is 0 Å². The van der Waals surface area contributed by atoms with Crippen molar-refractivity contribution < 1.29 is 22.7 Å². The van der Waals surface area contributed by atoms with Gasteiger partial charge in [0, 0.05) is 0 Å². The molecular weight excluding hydrogens is 488 g/mol. The largest absolute Gasteiger partial charge is 0.496 e. The van der Waals surface area contributed by atoms with E-state index in [9.17, 15) is 13.2 Å². The van der Waals surface area contributed by atoms with E-state index in [1.165, 1.54) is 0 Å². The molecule has 8 heteroatoms. The van der Waals surface area contributed by atoms with E-state index >= 15 is 0 Å². The van der Waals surface area contributed by atoms with Gasteiger partial charge in [0.15, 0.2) is 0 Å². The van der Waals surface area contributed by atoms with Crippen LogP contribution in [0.3, 0.4) is 0 Å². The summed E-state index contributed by atoms with van der Waals surface area (Å²) in [6, 6.07) is 18.6. The predicted octanol–water partition coefficient (Wildman–Crippen LogP) is 5.95. The normalized spacial score (nSPS) is 13.1. The Bertz CT molecular complexity index is 1320. The molecule has 0 bridgehead atoms. The van der Waals surface area contributed by atoms with Gasteiger partial charge < -0.3 is 14.8 Å². The molecular formula is C29H36N2O5S. The molecule has 198 valence electrons. The molecule has 0 aromatic heterocycles. The molecule has 0 aliphatic heterocycles. The SMILES string of the molecule is COc1cc(C)c([C@H](C)NC(=O)[C@@H](C)N(c2ccc(Oc3ccccc3)cc2)S(C)(=O)=O)cc1C(C)C. The highest BCUT2D eigenvalue weighted by Gasteiger charge is 2.30. The van der Waals surface area contributed by atoms with Crippen molar-refractivity contribution in [3.05, 3.63) is 83.4 Å². The van der Waals surface area contributed by atoms with E-state index in [-0.39, 0.29) is 12.0 Å². The minimum Gasteiger partial charge on any atom is -0.496 e. The number of benzene rings is 3. The number of para-hydroxylation sites is 1. The van der Waals surface area contributed by atoms with Crippen LogP contribution in [0.15, 0.2) is 66.7 Å². The van der Waals surface area contributed by atoms with E-state index in [1.807, 2.05) is 56.3 Å². The van der Waals surface area contributed by atoms with Gasteiger partial charge in [-0.1, -0.05) is 32.0 Å². The quantitative estimate of drug-likeness (QED) is 0.354. The first-order chi connectivity index (χ1) is 17.4. The molecule has 1 amide bonds. The lowest BCUT2D eigenvalue weighted by molar-refractivity contribution is -0.122. The molecule has 0 unspecified atom stereocenters. The van der Waals surface area contributed by atoms with Crippen molar-refractivity contribution in [3.8, 4) is 17.2 Å². The zero-order chi connectivity index (χ0) is 27.3. The van der Waals surface area contributed by atoms with Crippen LogP contribution in [0.5, 0.6) is 17.2 Å². The van der Waals surface area contributed by atoms with Gasteiger partial charge in [-0.3, -0.25) is 9.10 Å². The van der Waals surface area contributed by atoms with Crippen LogP contribution in [0.25, 0.3) is 0 Å². The summed E-state index contributed by atoms with van der Waals surface area (Å²) in [5.74, 6) is 1.89. The van der Waals surface area contributed by atoms with E-state index in [0.29, 0.717) is 17.2 Å². The van der Waals surface area contributed by atoms with Gasteiger partial charge in [-0.2, -0.15) is 0 Å². The average Bonchev–Trinajstić information content (AvgIpc) is 2.84. The number of ether oxygens (including phenoxy) is 2. The molecule has 0 aliphatic carbocycles. The number of aryl methyl sites for hydroxylation is 1. The van der Waals surface area contributed by atoms with Gasteiger partial charge in [0.2, 0.25) is 15.9 Å². The Labute approximate surface area is 220 Å². The number of amides is 1. The van der Waals surface area contributed by atoms with Gasteiger partial charge in [0.1, 0.15) is 23.3 Å². The number of carbonyl (C=O) groups excluding carboxylic acids is 1. The first-order valence-electron chi connectivity index (χ1n) is 12.2. The number of carbonyl (C=O) groups is 1. The van der Waals surface area contributed by atoms with Gasteiger partial charge in [-0.05, 0) is 91.9 Å². The highest BCUT2D eigenvalue weighted by atomic mass is 32.2. The summed E-state index contributed by atoms with van der Waals surface area (Å²) in [5, 5.41) is 3.00. The minimum atomic E-state index is -3.75. The standard InChI is InChI=1S/C29H36N2O5S/c1-19(2)26-18-27(20(3)17-28(26)35-6)21(4)30-29(32)22(5)31(37(7,33)34)23-13-15-25(16-14-23)36-24-11-9-8-10-12-24/h8-19,21-22H,1-7H3,(H,30,32)/t21-,22+/m0/s1. The molecule has 0 radical (unpaired) electrons. The van der Waals surface area contributed by atoms with Crippen LogP contribution < -0.4 is 19.1 Å². The van der Waals surface area contributed by atoms with Crippen molar-refractivity contribution >= 4 is 21.6 Å². The Morgan fingerprint density at radius 2 is 1.49 bits per heavy atom. The van der Waals surface area contributed by atoms with E-state index in [1.54, 1.807) is 38.3 Å². The summed E-state index contributed by atoms with van der Waals surface area (Å²) in [7, 11) is -2.11. The number of anilines is 1. The van der Waals surface area contributed by atoms with Crippen molar-refractivity contribution in [1.82, 2.24) is 5.32 Å². The molecule has 0 saturated carbocycles. The number of hydrogen-bond acceptors (Lipinski definition) is 5. The summed E-state index contributed by atoms with van der Waals surface area (Å²) < 4.78 is 38.0. The van der Waals surface area contributed by atoms with Gasteiger partial charge >= 0.3 is 0 Å². The van der Waals surface area contributed by atoms with Gasteiger partial charge in [0.25, 0.3) is 0 Å². The molecule has 0 aliphatic rings. The Balaban J connectivity index is 1.81. The lowest BCUT2D eigenvalue weighted by Crippen LogP contribution is -2.48. The second-order valence-corrected chi connectivity index (χ2v) is 11.3. The van der Waals surface area contributed by atoms with Crippen LogP contribution in [0.1, 0.15) is 56.3 Å². The zero-order valence-corrected chi connectivity index (χ0v) is 23.3. The number of rotatable bonds is 10. The third-order valence-corrected chi connectivity index (χ3v) is 7.47. The molecule has 1 N–H and O–H groups in total. The van der Waals surface area contributed by atoms with Crippen LogP contribution in [0.4, 0.5) is 5.69 Å². The number of methoxy groups -OCH3 is 1. The highest BCUT2D eigenvalue weighted by molar-refractivity contribution is 7.92. The summed E-state index contributed by atoms with van der Waals surface area (Å²) in [5.41, 5.74) is 3.36. The summed E-state index contributed by atoms with van der Waals surface area (Å²) in [6.07, 6.45) is 1.09. The molecule has 0 heterocycles. The van der Waals surface area contributed by atoms with Crippen molar-refractivity contribution in [3.63, 3.8) is 0 Å². The van der Waals surface area contributed by atoms with Crippen LogP contribution in [-0.4, -0.2) is 33.7 Å². The molecule has 3 rings (SSSR count). The summed E-state index contributed by atoms with van der Waals surface area (Å²) in [6.45, 7) is 9.61. The first kappa shape index (κ1) is 28.1. The zero-order valence-electron chi connectivity index (χ0n) is 22.5. The third-order valence-electron chi connectivity index (χ3n) is 6.22. The minimum absolute atomic E-state index is 0.241. The van der Waals surface area contributed by atoms with Crippen LogP contribution in [0.2, 0.25) is 0 Å². The van der Waals surface area contributed by atoms with Crippen LogP contribution in [-0.2, 0) is 14.8 Å². The average molecular weight is 525 g/mol. The molecule has 0 spiro atoms. The molecule has 3 aromatic rings. The van der Waals surface area contributed by atoms with E-state index in [0.717, 1.165) is 33.0 Å². The number of nitrogens with zero attached hydrogens (tertiary/aromatic N) is 1. The van der Waals surface area contributed by atoms with E-state index < -0.39 is 22.0 Å². The fraction of sp³-hybridized carbons (Fsp3) is 0.345. The Kier molecular flexibility index (Phi) is 8.86. The van der Waals surface area contributed by atoms with Crippen molar-refractivity contribution in [2.24, 2.45) is 0 Å². The Hall–Kier alpha value is -3.52. The maximum Gasteiger partial charge on any atom is 0.244 e. The first-order valence-corrected chi connectivity index (χ1v) is 14.1. The van der Waals surface area contributed by atoms with Crippen LogP contribution >= 0.6 is 0 Å². The second kappa shape index (κ2) is 11.7. The molecule has 37 heavy (non-hydrogen) atoms. The molecule has 7 nitrogen and oxygen atoms in total. The third kappa shape index (κ3) is 6.83. The molecule has 0 saturated heterocycles. The maximum absolute atomic E-state index is 13.3. The van der Waals surface area contributed by atoms with E-state index in [4.69, 9.17) is 9.47 Å². The molecule has 0 fully saturated rings. The van der Waals surface area contributed by atoms with Crippen molar-refractivity contribution in [1.29, 1.82) is 0 Å². The predicted molar refractivity (Wildman–Crippen MR) is 148 cm³/mol. The lowest BCUT2D eigenvalue weighted by Gasteiger charge is -2.30. The fourth-order valence-electron chi connectivity index (χ4n) is 4.32. The van der Waals surface area contributed by atoms with Crippen LogP contribution in [0, 0.1) is 6.92 Å². The van der Waals surface area contributed by atoms with E-state index in [2.05, 4.69) is 19.2 Å². The molecule has 3 aromatic carbocycles. The van der Waals surface area contributed by atoms with Gasteiger partial charge in [-0.25, -0.2) is 8.42 Å². The number of sulfonamides is 1. The Morgan fingerprint density at radius 3 is 2.03 bits per heavy atom. The number of nitrogens with one attached hydrogen (secondary N) is 1. The second-order valence-electron chi connectivity index (χ2n) is 9.48. The lowest BCUT2D eigenvalue weighted by atomic mass is 9.93. The molecule has 2 atom stereocenters. The van der Waals surface area contributed by atoms with Crippen molar-refractivity contribution in [2.45, 2.75) is 52.6 Å². The monoisotopic (exact) mass is 524 g/mol. The summed E-state index contributed by atoms with van der Waals surface area (Å²) >= 11 is 0. The number of hydrogen-bond donors (Lipinski definition) is 1. The smallest absolute Gasteiger partial charge is 0.244 e. The topological polar surface area (TPSA) is 84.9 Å². The van der Waals surface area contributed by atoms with Crippen molar-refractivity contribution in [2.75, 3.05) is 17.7 Å². The fourth-order valence-corrected chi connectivity index (χ4v) is 5.49. The Morgan fingerprint density at radius 1 is 0.892 bits per heavy atom. The summed E-state index contributed by atoms with van der Waals surface area (Å²) in [4.78, 5) is 13.3. The highest BCUT2D eigenvalue weighted by Crippen LogP contribution is 2.32. The van der Waals surface area contributed by atoms with Gasteiger partial charge in [0.05, 0.1) is 25.1 Å². The maximum atomic E-state index is 13.3.